The number of aromatic nitrogens is 1. The minimum absolute atomic E-state index is 0.133. The molecule has 0 saturated carbocycles. The molecule has 0 aliphatic carbocycles. The monoisotopic (exact) mass is 462 g/mol. The molecule has 1 saturated heterocycles. The van der Waals surface area contributed by atoms with Crippen LogP contribution in [0.5, 0.6) is 5.75 Å². The lowest BCUT2D eigenvalue weighted by Crippen LogP contribution is -2.45. The van der Waals surface area contributed by atoms with Crippen molar-refractivity contribution in [3.63, 3.8) is 0 Å². The first-order valence-electron chi connectivity index (χ1n) is 10.6. The Morgan fingerprint density at radius 2 is 1.88 bits per heavy atom. The molecule has 0 spiro atoms. The average Bonchev–Trinajstić information content (AvgIpc) is 2.80. The first kappa shape index (κ1) is 22.6. The minimum atomic E-state index is -0.669. The highest BCUT2D eigenvalue weighted by molar-refractivity contribution is 6.35. The second-order valence-electron chi connectivity index (χ2n) is 7.89. The first-order chi connectivity index (χ1) is 15.9. The van der Waals surface area contributed by atoms with E-state index in [9.17, 15) is 4.79 Å². The van der Waals surface area contributed by atoms with Gasteiger partial charge in [-0.05, 0) is 49.7 Å². The lowest BCUT2D eigenvalue weighted by molar-refractivity contribution is -0.00545. The number of carbonyl (C=O) groups is 1. The molecule has 1 amide bonds. The quantitative estimate of drug-likeness (QED) is 0.551. The van der Waals surface area contributed by atoms with Crippen molar-refractivity contribution in [2.45, 2.75) is 26.1 Å². The number of hydrogen-bond donors (Lipinski definition) is 1. The maximum atomic E-state index is 12.5. The Labute approximate surface area is 197 Å². The van der Waals surface area contributed by atoms with E-state index in [-0.39, 0.29) is 18.0 Å². The molecule has 1 aromatic heterocycles. The van der Waals surface area contributed by atoms with Crippen LogP contribution in [0.25, 0.3) is 11.1 Å². The van der Waals surface area contributed by atoms with Gasteiger partial charge in [0.25, 0.3) is 0 Å². The highest BCUT2D eigenvalue weighted by atomic mass is 35.5. The standard InChI is InChI=1S/C25H23ClN4O3/c1-16-14-30(15-17(2)32-16)23-11-10-20(13-28-23)29-25(31)33-22-5-3-4-21(24(22)26)19-8-6-18(12-27)7-9-19/h3-11,13,16-17H,14-15H2,1-2H3,(H,29,31). The molecule has 2 atom stereocenters. The normalized spacial score (nSPS) is 17.8. The fourth-order valence-corrected chi connectivity index (χ4v) is 4.07. The zero-order chi connectivity index (χ0) is 23.4. The van der Waals surface area contributed by atoms with Crippen molar-refractivity contribution in [3.8, 4) is 22.9 Å². The lowest BCUT2D eigenvalue weighted by atomic mass is 10.0. The van der Waals surface area contributed by atoms with Gasteiger partial charge in [-0.2, -0.15) is 5.26 Å². The van der Waals surface area contributed by atoms with Gasteiger partial charge in [0.2, 0.25) is 0 Å². The van der Waals surface area contributed by atoms with E-state index in [1.54, 1.807) is 48.7 Å². The molecule has 1 aliphatic rings. The predicted octanol–water partition coefficient (Wildman–Crippen LogP) is 5.50. The molecule has 2 unspecified atom stereocenters. The van der Waals surface area contributed by atoms with Crippen LogP contribution in [-0.4, -0.2) is 36.4 Å². The molecule has 2 heterocycles. The minimum Gasteiger partial charge on any atom is -0.408 e. The first-order valence-corrected chi connectivity index (χ1v) is 10.9. The molecular weight excluding hydrogens is 440 g/mol. The number of anilines is 2. The largest absolute Gasteiger partial charge is 0.417 e. The highest BCUT2D eigenvalue weighted by Gasteiger charge is 2.23. The van der Waals surface area contributed by atoms with Gasteiger partial charge in [-0.25, -0.2) is 9.78 Å². The molecule has 2 aromatic carbocycles. The van der Waals surface area contributed by atoms with Gasteiger partial charge in [-0.1, -0.05) is 35.9 Å². The Bertz CT molecular complexity index is 1170. The summed E-state index contributed by atoms with van der Waals surface area (Å²) < 4.78 is 11.2. The van der Waals surface area contributed by atoms with Crippen LogP contribution >= 0.6 is 11.6 Å². The topological polar surface area (TPSA) is 87.5 Å². The number of nitrogens with zero attached hydrogens (tertiary/aromatic N) is 3. The van der Waals surface area contributed by atoms with E-state index < -0.39 is 6.09 Å². The van der Waals surface area contributed by atoms with Crippen molar-refractivity contribution < 1.29 is 14.3 Å². The van der Waals surface area contributed by atoms with Gasteiger partial charge in [0.15, 0.2) is 5.75 Å². The van der Waals surface area contributed by atoms with E-state index in [1.807, 2.05) is 26.0 Å². The molecule has 0 radical (unpaired) electrons. The van der Waals surface area contributed by atoms with Gasteiger partial charge in [0.1, 0.15) is 5.82 Å². The molecule has 0 bridgehead atoms. The number of rotatable bonds is 4. The lowest BCUT2D eigenvalue weighted by Gasteiger charge is -2.36. The van der Waals surface area contributed by atoms with Gasteiger partial charge in [-0.3, -0.25) is 5.32 Å². The summed E-state index contributed by atoms with van der Waals surface area (Å²) in [5.41, 5.74) is 2.58. The number of halogens is 1. The maximum absolute atomic E-state index is 12.5. The van der Waals surface area contributed by atoms with E-state index in [0.29, 0.717) is 21.8 Å². The second kappa shape index (κ2) is 9.90. The van der Waals surface area contributed by atoms with Crippen LogP contribution in [-0.2, 0) is 4.74 Å². The van der Waals surface area contributed by atoms with Crippen LogP contribution in [0, 0.1) is 11.3 Å². The summed E-state index contributed by atoms with van der Waals surface area (Å²) in [6, 6.07) is 17.9. The van der Waals surface area contributed by atoms with Crippen molar-refractivity contribution >= 4 is 29.2 Å². The van der Waals surface area contributed by atoms with E-state index >= 15 is 0 Å². The van der Waals surface area contributed by atoms with Crippen LogP contribution in [0.15, 0.2) is 60.8 Å². The van der Waals surface area contributed by atoms with Gasteiger partial charge in [-0.15, -0.1) is 0 Å². The van der Waals surface area contributed by atoms with Crippen molar-refractivity contribution in [1.82, 2.24) is 4.98 Å². The van der Waals surface area contributed by atoms with Crippen LogP contribution < -0.4 is 15.0 Å². The second-order valence-corrected chi connectivity index (χ2v) is 8.27. The van der Waals surface area contributed by atoms with E-state index in [2.05, 4.69) is 21.3 Å². The third kappa shape index (κ3) is 5.43. The fraction of sp³-hybridized carbons (Fsp3) is 0.240. The fourth-order valence-electron chi connectivity index (χ4n) is 3.79. The summed E-state index contributed by atoms with van der Waals surface area (Å²) >= 11 is 6.50. The number of amides is 1. The summed E-state index contributed by atoms with van der Waals surface area (Å²) in [4.78, 5) is 19.1. The third-order valence-corrected chi connectivity index (χ3v) is 5.62. The average molecular weight is 463 g/mol. The van der Waals surface area contributed by atoms with Crippen molar-refractivity contribution in [2.24, 2.45) is 0 Å². The number of nitrogens with one attached hydrogen (secondary N) is 1. The molecule has 1 aliphatic heterocycles. The number of carbonyl (C=O) groups excluding carboxylic acids is 1. The molecule has 1 N–H and O–H groups in total. The van der Waals surface area contributed by atoms with Crippen LogP contribution in [0.3, 0.4) is 0 Å². The summed E-state index contributed by atoms with van der Waals surface area (Å²) in [5.74, 6) is 1.06. The molecule has 4 rings (SSSR count). The third-order valence-electron chi connectivity index (χ3n) is 5.23. The number of benzene rings is 2. The Balaban J connectivity index is 1.42. The molecule has 3 aromatic rings. The van der Waals surface area contributed by atoms with Crippen LogP contribution in [0.1, 0.15) is 19.4 Å². The van der Waals surface area contributed by atoms with Crippen molar-refractivity contribution in [1.29, 1.82) is 5.26 Å². The number of nitriles is 1. The zero-order valence-electron chi connectivity index (χ0n) is 18.3. The van der Waals surface area contributed by atoms with Gasteiger partial charge >= 0.3 is 6.09 Å². The highest BCUT2D eigenvalue weighted by Crippen LogP contribution is 2.35. The molecular formula is C25H23ClN4O3. The number of hydrogen-bond acceptors (Lipinski definition) is 6. The summed E-state index contributed by atoms with van der Waals surface area (Å²) in [6.07, 6.45) is 1.19. The van der Waals surface area contributed by atoms with Gasteiger partial charge < -0.3 is 14.4 Å². The zero-order valence-corrected chi connectivity index (χ0v) is 19.0. The molecule has 7 nitrogen and oxygen atoms in total. The Morgan fingerprint density at radius 3 is 2.52 bits per heavy atom. The van der Waals surface area contributed by atoms with Crippen LogP contribution in [0.4, 0.5) is 16.3 Å². The van der Waals surface area contributed by atoms with E-state index in [1.165, 1.54) is 0 Å². The maximum Gasteiger partial charge on any atom is 0.417 e. The van der Waals surface area contributed by atoms with Crippen molar-refractivity contribution in [3.05, 3.63) is 71.4 Å². The van der Waals surface area contributed by atoms with Gasteiger partial charge in [0, 0.05) is 18.7 Å². The van der Waals surface area contributed by atoms with Crippen LogP contribution in [0.2, 0.25) is 5.02 Å². The SMILES string of the molecule is CC1CN(c2ccc(NC(=O)Oc3cccc(-c4ccc(C#N)cc4)c3Cl)cn2)CC(C)O1. The number of ether oxygens (including phenoxy) is 2. The van der Waals surface area contributed by atoms with E-state index in [4.69, 9.17) is 26.3 Å². The summed E-state index contributed by atoms with van der Waals surface area (Å²) in [5, 5.41) is 12.0. The molecule has 1 fully saturated rings. The summed E-state index contributed by atoms with van der Waals surface area (Å²) in [7, 11) is 0. The van der Waals surface area contributed by atoms with Gasteiger partial charge in [0.05, 0.1) is 40.7 Å². The Hall–Kier alpha value is -3.60. The summed E-state index contributed by atoms with van der Waals surface area (Å²) in [6.45, 7) is 5.60. The van der Waals surface area contributed by atoms with Crippen molar-refractivity contribution in [2.75, 3.05) is 23.3 Å². The molecule has 33 heavy (non-hydrogen) atoms. The molecule has 168 valence electrons. The molecule has 8 heteroatoms. The smallest absolute Gasteiger partial charge is 0.408 e. The number of pyridine rings is 1. The number of morpholine rings is 1. The van der Waals surface area contributed by atoms with E-state index in [0.717, 1.165) is 24.5 Å². The Morgan fingerprint density at radius 1 is 1.15 bits per heavy atom. The Kier molecular flexibility index (Phi) is 6.78. The predicted molar refractivity (Wildman–Crippen MR) is 128 cm³/mol.